The third-order valence-electron chi connectivity index (χ3n) is 3.72. The van der Waals surface area contributed by atoms with E-state index < -0.39 is 0 Å². The topological polar surface area (TPSA) is 26.3 Å². The average molecular weight is 262 g/mol. The quantitative estimate of drug-likeness (QED) is 0.836. The van der Waals surface area contributed by atoms with Crippen molar-refractivity contribution in [3.63, 3.8) is 0 Å². The fraction of sp³-hybridized carbons (Fsp3) is 0.533. The largest absolute Gasteiger partial charge is 0.377 e. The third-order valence-corrected chi connectivity index (χ3v) is 5.01. The van der Waals surface area contributed by atoms with E-state index in [1.807, 2.05) is 11.8 Å². The highest BCUT2D eigenvalue weighted by Gasteiger charge is 2.24. The van der Waals surface area contributed by atoms with Crippen molar-refractivity contribution in [2.45, 2.75) is 48.4 Å². The molecule has 2 aliphatic rings. The molecule has 18 heavy (non-hydrogen) atoms. The molecule has 1 heterocycles. The molecule has 96 valence electrons. The molecule has 3 rings (SSSR count). The first kappa shape index (κ1) is 12.2. The minimum absolute atomic E-state index is 0.312. The summed E-state index contributed by atoms with van der Waals surface area (Å²) in [5.41, 5.74) is 1.45. The van der Waals surface area contributed by atoms with Gasteiger partial charge in [-0.25, -0.2) is 0 Å². The summed E-state index contributed by atoms with van der Waals surface area (Å²) < 4.78 is 5.97. The van der Waals surface area contributed by atoms with Crippen molar-refractivity contribution in [2.24, 2.45) is 0 Å². The monoisotopic (exact) mass is 262 g/mol. The van der Waals surface area contributed by atoms with E-state index in [0.717, 1.165) is 25.9 Å². The van der Waals surface area contributed by atoms with Gasteiger partial charge in [0.2, 0.25) is 0 Å². The molecule has 0 radical (unpaired) electrons. The number of benzene rings is 1. The number of carbonyl (C=O) groups excluding carboxylic acids is 1. The molecule has 3 heteroatoms. The number of thioether (sulfide) groups is 1. The third kappa shape index (κ3) is 2.78. The normalized spacial score (nSPS) is 24.2. The van der Waals surface area contributed by atoms with Crippen molar-refractivity contribution in [2.75, 3.05) is 6.61 Å². The van der Waals surface area contributed by atoms with Crippen molar-refractivity contribution in [1.82, 2.24) is 0 Å². The van der Waals surface area contributed by atoms with Crippen molar-refractivity contribution in [1.29, 1.82) is 0 Å². The van der Waals surface area contributed by atoms with Crippen LogP contribution in [0.25, 0.3) is 0 Å². The molecule has 1 saturated carbocycles. The van der Waals surface area contributed by atoms with Crippen LogP contribution in [0.15, 0.2) is 29.2 Å². The van der Waals surface area contributed by atoms with Crippen molar-refractivity contribution in [3.8, 4) is 0 Å². The van der Waals surface area contributed by atoms with Gasteiger partial charge in [-0.1, -0.05) is 18.2 Å². The van der Waals surface area contributed by atoms with Crippen LogP contribution in [-0.4, -0.2) is 23.7 Å². The van der Waals surface area contributed by atoms with Gasteiger partial charge in [0, 0.05) is 23.0 Å². The molecule has 1 atom stereocenters. The molecule has 1 aromatic rings. The van der Waals surface area contributed by atoms with E-state index in [0.29, 0.717) is 30.0 Å². The molecule has 2 nitrogen and oxygen atoms in total. The smallest absolute Gasteiger partial charge is 0.133 e. The zero-order valence-electron chi connectivity index (χ0n) is 10.4. The first-order valence-corrected chi connectivity index (χ1v) is 7.57. The second-order valence-electron chi connectivity index (χ2n) is 5.12. The summed E-state index contributed by atoms with van der Waals surface area (Å²) in [4.78, 5) is 12.6. The SMILES string of the molecule is O=C1CCC(OCC2Cc3ccccc3S2)CC1. The van der Waals surface area contributed by atoms with Gasteiger partial charge in [-0.2, -0.15) is 0 Å². The number of rotatable bonds is 3. The van der Waals surface area contributed by atoms with Crippen molar-refractivity contribution < 1.29 is 9.53 Å². The van der Waals surface area contributed by atoms with Crippen LogP contribution in [0.4, 0.5) is 0 Å². The second-order valence-corrected chi connectivity index (χ2v) is 6.47. The Bertz CT molecular complexity index is 409. The maximum absolute atomic E-state index is 11.2. The van der Waals surface area contributed by atoms with E-state index in [1.165, 1.54) is 10.5 Å². The number of fused-ring (bicyclic) bond motifs is 1. The number of ketones is 1. The fourth-order valence-corrected chi connectivity index (χ4v) is 3.90. The summed E-state index contributed by atoms with van der Waals surface area (Å²) in [5, 5.41) is 0.556. The average Bonchev–Trinajstić information content (AvgIpc) is 2.81. The van der Waals surface area contributed by atoms with E-state index in [4.69, 9.17) is 4.74 Å². The van der Waals surface area contributed by atoms with E-state index >= 15 is 0 Å². The van der Waals surface area contributed by atoms with Crippen LogP contribution in [0.3, 0.4) is 0 Å². The van der Waals surface area contributed by atoms with Gasteiger partial charge in [0.05, 0.1) is 12.7 Å². The highest BCUT2D eigenvalue weighted by Crippen LogP contribution is 2.37. The Kier molecular flexibility index (Phi) is 3.71. The highest BCUT2D eigenvalue weighted by atomic mass is 32.2. The lowest BCUT2D eigenvalue weighted by atomic mass is 9.96. The number of carbonyl (C=O) groups is 1. The van der Waals surface area contributed by atoms with Crippen molar-refractivity contribution in [3.05, 3.63) is 29.8 Å². The van der Waals surface area contributed by atoms with E-state index in [-0.39, 0.29) is 0 Å². The highest BCUT2D eigenvalue weighted by molar-refractivity contribution is 8.00. The van der Waals surface area contributed by atoms with Crippen LogP contribution in [0.5, 0.6) is 0 Å². The number of Topliss-reactive ketones (excluding diaryl/α,β-unsaturated/α-hetero) is 1. The Morgan fingerprint density at radius 2 is 2.00 bits per heavy atom. The molecule has 0 aromatic heterocycles. The summed E-state index contributed by atoms with van der Waals surface area (Å²) in [7, 11) is 0. The van der Waals surface area contributed by atoms with Gasteiger partial charge < -0.3 is 4.74 Å². The minimum Gasteiger partial charge on any atom is -0.377 e. The molecule has 0 N–H and O–H groups in total. The maximum atomic E-state index is 11.2. The zero-order chi connectivity index (χ0) is 12.4. The minimum atomic E-state index is 0.312. The lowest BCUT2D eigenvalue weighted by Crippen LogP contribution is -2.24. The summed E-state index contributed by atoms with van der Waals surface area (Å²) >= 11 is 1.93. The van der Waals surface area contributed by atoms with Gasteiger partial charge in [-0.3, -0.25) is 4.79 Å². The number of hydrogen-bond donors (Lipinski definition) is 0. The van der Waals surface area contributed by atoms with Crippen LogP contribution in [0.1, 0.15) is 31.2 Å². The molecule has 1 fully saturated rings. The Morgan fingerprint density at radius 3 is 2.78 bits per heavy atom. The van der Waals surface area contributed by atoms with Crippen LogP contribution in [0.2, 0.25) is 0 Å². The molecule has 0 bridgehead atoms. The molecule has 0 amide bonds. The fourth-order valence-electron chi connectivity index (χ4n) is 2.67. The summed E-state index contributed by atoms with van der Waals surface area (Å²) in [6.07, 6.45) is 4.69. The molecular formula is C15H18O2S. The summed E-state index contributed by atoms with van der Waals surface area (Å²) in [6.45, 7) is 0.818. The summed E-state index contributed by atoms with van der Waals surface area (Å²) in [6, 6.07) is 8.61. The summed E-state index contributed by atoms with van der Waals surface area (Å²) in [5.74, 6) is 0.400. The Balaban J connectivity index is 1.47. The first-order valence-electron chi connectivity index (χ1n) is 6.69. The molecular weight excluding hydrogens is 244 g/mol. The Labute approximate surface area is 112 Å². The van der Waals surface area contributed by atoms with Gasteiger partial charge in [0.1, 0.15) is 5.78 Å². The van der Waals surface area contributed by atoms with E-state index in [2.05, 4.69) is 24.3 Å². The molecule has 1 aliphatic carbocycles. The number of hydrogen-bond acceptors (Lipinski definition) is 3. The number of ether oxygens (including phenoxy) is 1. The zero-order valence-corrected chi connectivity index (χ0v) is 11.2. The lowest BCUT2D eigenvalue weighted by molar-refractivity contribution is -0.122. The predicted octanol–water partition coefficient (Wildman–Crippen LogP) is 3.23. The van der Waals surface area contributed by atoms with Gasteiger partial charge >= 0.3 is 0 Å². The molecule has 1 aromatic carbocycles. The van der Waals surface area contributed by atoms with Crippen molar-refractivity contribution >= 4 is 17.5 Å². The lowest BCUT2D eigenvalue weighted by Gasteiger charge is -2.22. The van der Waals surface area contributed by atoms with E-state index in [1.54, 1.807) is 0 Å². The van der Waals surface area contributed by atoms with Crippen LogP contribution in [-0.2, 0) is 16.0 Å². The first-order chi connectivity index (χ1) is 8.81. The van der Waals surface area contributed by atoms with Crippen LogP contribution in [0, 0.1) is 0 Å². The molecule has 0 spiro atoms. The predicted molar refractivity (Wildman–Crippen MR) is 73.0 cm³/mol. The van der Waals surface area contributed by atoms with Crippen LogP contribution >= 0.6 is 11.8 Å². The molecule has 1 unspecified atom stereocenters. The maximum Gasteiger partial charge on any atom is 0.133 e. The standard InChI is InChI=1S/C15H18O2S/c16-12-5-7-13(8-6-12)17-10-14-9-11-3-1-2-4-15(11)18-14/h1-4,13-14H,5-10H2. The van der Waals surface area contributed by atoms with Gasteiger partial charge in [0.25, 0.3) is 0 Å². The van der Waals surface area contributed by atoms with Gasteiger partial charge in [-0.05, 0) is 30.9 Å². The molecule has 1 aliphatic heterocycles. The Morgan fingerprint density at radius 1 is 1.22 bits per heavy atom. The van der Waals surface area contributed by atoms with Gasteiger partial charge in [0.15, 0.2) is 0 Å². The molecule has 0 saturated heterocycles. The van der Waals surface area contributed by atoms with Gasteiger partial charge in [-0.15, -0.1) is 11.8 Å². The Hall–Kier alpha value is -0.800. The van der Waals surface area contributed by atoms with E-state index in [9.17, 15) is 4.79 Å². The second kappa shape index (κ2) is 5.45. The van der Waals surface area contributed by atoms with Crippen LogP contribution < -0.4 is 0 Å².